The number of nitrogens with two attached hydrogens (primary N) is 1. The second-order valence-corrected chi connectivity index (χ2v) is 8.75. The van der Waals surface area contributed by atoms with Crippen LogP contribution in [-0.4, -0.2) is 36.2 Å². The van der Waals surface area contributed by atoms with E-state index in [2.05, 4.69) is 10.4 Å². The zero-order valence-electron chi connectivity index (χ0n) is 17.3. The van der Waals surface area contributed by atoms with Crippen LogP contribution in [0.2, 0.25) is 0 Å². The molecule has 2 aromatic carbocycles. The second-order valence-electron chi connectivity index (χ2n) is 7.19. The molecule has 0 aliphatic rings. The van der Waals surface area contributed by atoms with Crippen molar-refractivity contribution >= 4 is 21.7 Å². The summed E-state index contributed by atoms with van der Waals surface area (Å²) in [6.07, 6.45) is 0. The largest absolute Gasteiger partial charge is 0.322 e. The number of nitrogens with one attached hydrogen (secondary N) is 1. The van der Waals surface area contributed by atoms with E-state index >= 15 is 0 Å². The lowest BCUT2D eigenvalue weighted by atomic mass is 10.1. The molecule has 0 bridgehead atoms. The van der Waals surface area contributed by atoms with E-state index in [0.29, 0.717) is 5.69 Å². The van der Waals surface area contributed by atoms with Crippen LogP contribution < -0.4 is 10.5 Å². The van der Waals surface area contributed by atoms with E-state index < -0.39 is 10.0 Å². The summed E-state index contributed by atoms with van der Waals surface area (Å²) in [6.45, 7) is 5.73. The normalized spacial score (nSPS) is 12.4. The second kappa shape index (κ2) is 8.29. The van der Waals surface area contributed by atoms with Crippen LogP contribution in [0.5, 0.6) is 0 Å². The van der Waals surface area contributed by atoms with Gasteiger partial charge >= 0.3 is 6.03 Å². The van der Waals surface area contributed by atoms with Crippen molar-refractivity contribution in [2.24, 2.45) is 5.14 Å². The highest BCUT2D eigenvalue weighted by Crippen LogP contribution is 2.24. The van der Waals surface area contributed by atoms with Gasteiger partial charge < -0.3 is 10.2 Å². The Morgan fingerprint density at radius 3 is 2.33 bits per heavy atom. The number of sulfonamides is 1. The van der Waals surface area contributed by atoms with E-state index in [1.807, 2.05) is 51.1 Å². The summed E-state index contributed by atoms with van der Waals surface area (Å²) in [5.74, 6) is 0. The standard InChI is InChI=1S/C21H25N5O3S/c1-14-13-15(2)26(24-14)20-8-6-5-7-19(20)23-21(27)25(4)16(3)17-9-11-18(12-10-17)30(22,28)29/h5-13,16H,1-4H3,(H,23,27)(H2,22,28,29)/t16-/m1/s1. The summed E-state index contributed by atoms with van der Waals surface area (Å²) in [6, 6.07) is 15.0. The number of para-hydroxylation sites is 2. The average molecular weight is 428 g/mol. The molecule has 2 amide bonds. The highest BCUT2D eigenvalue weighted by atomic mass is 32.2. The number of nitrogens with zero attached hydrogens (tertiary/aromatic N) is 3. The van der Waals surface area contributed by atoms with Gasteiger partial charge in [-0.25, -0.2) is 23.0 Å². The summed E-state index contributed by atoms with van der Waals surface area (Å²) >= 11 is 0. The minimum Gasteiger partial charge on any atom is -0.321 e. The molecule has 1 heterocycles. The van der Waals surface area contributed by atoms with E-state index in [4.69, 9.17) is 5.14 Å². The van der Waals surface area contributed by atoms with E-state index in [-0.39, 0.29) is 17.0 Å². The number of benzene rings is 2. The number of carbonyl (C=O) groups is 1. The maximum atomic E-state index is 12.9. The van der Waals surface area contributed by atoms with Crippen molar-refractivity contribution in [3.8, 4) is 5.69 Å². The fourth-order valence-electron chi connectivity index (χ4n) is 3.18. The Morgan fingerprint density at radius 2 is 1.77 bits per heavy atom. The fourth-order valence-corrected chi connectivity index (χ4v) is 3.69. The molecular formula is C21H25N5O3S. The SMILES string of the molecule is Cc1cc(C)n(-c2ccccc2NC(=O)N(C)[C@H](C)c2ccc(S(N)(=O)=O)cc2)n1. The first-order valence-corrected chi connectivity index (χ1v) is 10.9. The lowest BCUT2D eigenvalue weighted by Crippen LogP contribution is -2.34. The predicted molar refractivity (Wildman–Crippen MR) is 116 cm³/mol. The van der Waals surface area contributed by atoms with Gasteiger partial charge in [0.1, 0.15) is 0 Å². The number of amides is 2. The molecule has 0 aliphatic heterocycles. The van der Waals surface area contributed by atoms with Crippen LogP contribution in [0.1, 0.15) is 29.9 Å². The molecule has 0 saturated heterocycles. The van der Waals surface area contributed by atoms with Crippen LogP contribution in [0.4, 0.5) is 10.5 Å². The van der Waals surface area contributed by atoms with Gasteiger partial charge in [0.05, 0.1) is 28.0 Å². The molecule has 0 aliphatic carbocycles. The van der Waals surface area contributed by atoms with Crippen LogP contribution in [0.3, 0.4) is 0 Å². The molecule has 3 aromatic rings. The maximum Gasteiger partial charge on any atom is 0.322 e. The molecule has 30 heavy (non-hydrogen) atoms. The molecule has 158 valence electrons. The number of aromatic nitrogens is 2. The topological polar surface area (TPSA) is 110 Å². The Balaban J connectivity index is 1.80. The number of anilines is 1. The quantitative estimate of drug-likeness (QED) is 0.650. The minimum atomic E-state index is -3.76. The van der Waals surface area contributed by atoms with Gasteiger partial charge in [-0.1, -0.05) is 24.3 Å². The summed E-state index contributed by atoms with van der Waals surface area (Å²) < 4.78 is 24.7. The van der Waals surface area contributed by atoms with Crippen molar-refractivity contribution in [1.29, 1.82) is 0 Å². The van der Waals surface area contributed by atoms with Crippen molar-refractivity contribution < 1.29 is 13.2 Å². The van der Waals surface area contributed by atoms with Gasteiger partial charge in [-0.3, -0.25) is 0 Å². The lowest BCUT2D eigenvalue weighted by Gasteiger charge is -2.26. The van der Waals surface area contributed by atoms with Crippen LogP contribution in [0.15, 0.2) is 59.5 Å². The molecule has 0 radical (unpaired) electrons. The molecule has 0 unspecified atom stereocenters. The van der Waals surface area contributed by atoms with Crippen molar-refractivity contribution in [2.45, 2.75) is 31.7 Å². The molecule has 0 fully saturated rings. The van der Waals surface area contributed by atoms with Gasteiger partial charge in [-0.05, 0) is 56.7 Å². The van der Waals surface area contributed by atoms with Crippen molar-refractivity contribution in [3.05, 3.63) is 71.5 Å². The molecular weight excluding hydrogens is 402 g/mol. The van der Waals surface area contributed by atoms with Crippen molar-refractivity contribution in [3.63, 3.8) is 0 Å². The zero-order chi connectivity index (χ0) is 22.1. The first kappa shape index (κ1) is 21.5. The molecule has 1 aromatic heterocycles. The summed E-state index contributed by atoms with van der Waals surface area (Å²) in [5.41, 5.74) is 4.05. The monoisotopic (exact) mass is 427 g/mol. The molecule has 3 rings (SSSR count). The predicted octanol–water partition coefficient (Wildman–Crippen LogP) is 3.36. The van der Waals surface area contributed by atoms with Crippen molar-refractivity contribution in [2.75, 3.05) is 12.4 Å². The number of primary sulfonamides is 1. The lowest BCUT2D eigenvalue weighted by molar-refractivity contribution is 0.208. The van der Waals surface area contributed by atoms with Gasteiger partial charge in [-0.15, -0.1) is 0 Å². The summed E-state index contributed by atoms with van der Waals surface area (Å²) in [5, 5.41) is 12.6. The smallest absolute Gasteiger partial charge is 0.321 e. The molecule has 0 saturated carbocycles. The Labute approximate surface area is 176 Å². The molecule has 3 N–H and O–H groups in total. The number of rotatable bonds is 5. The zero-order valence-corrected chi connectivity index (χ0v) is 18.1. The summed E-state index contributed by atoms with van der Waals surface area (Å²) in [4.78, 5) is 14.5. The third-order valence-corrected chi connectivity index (χ3v) is 5.90. The van der Waals surface area contributed by atoms with Crippen molar-refractivity contribution in [1.82, 2.24) is 14.7 Å². The third-order valence-electron chi connectivity index (χ3n) is 4.98. The van der Waals surface area contributed by atoms with E-state index in [9.17, 15) is 13.2 Å². The van der Waals surface area contributed by atoms with Crippen LogP contribution >= 0.6 is 0 Å². The average Bonchev–Trinajstić information content (AvgIpc) is 3.04. The highest BCUT2D eigenvalue weighted by molar-refractivity contribution is 7.89. The van der Waals surface area contributed by atoms with Crippen LogP contribution in [0.25, 0.3) is 5.69 Å². The molecule has 1 atom stereocenters. The number of hydrogen-bond acceptors (Lipinski definition) is 4. The highest BCUT2D eigenvalue weighted by Gasteiger charge is 2.20. The number of hydrogen-bond donors (Lipinski definition) is 2. The first-order chi connectivity index (χ1) is 14.1. The van der Waals surface area contributed by atoms with E-state index in [0.717, 1.165) is 22.6 Å². The molecule has 9 heteroatoms. The summed E-state index contributed by atoms with van der Waals surface area (Å²) in [7, 11) is -2.08. The third kappa shape index (κ3) is 4.52. The Kier molecular flexibility index (Phi) is 5.95. The molecule has 8 nitrogen and oxygen atoms in total. The molecule has 0 spiro atoms. The van der Waals surface area contributed by atoms with Gasteiger partial charge in [-0.2, -0.15) is 5.10 Å². The maximum absolute atomic E-state index is 12.9. The van der Waals surface area contributed by atoms with Crippen LogP contribution in [-0.2, 0) is 10.0 Å². The van der Waals surface area contributed by atoms with Gasteiger partial charge in [0, 0.05) is 12.7 Å². The van der Waals surface area contributed by atoms with Gasteiger partial charge in [0.25, 0.3) is 0 Å². The Bertz CT molecular complexity index is 1170. The van der Waals surface area contributed by atoms with Crippen LogP contribution in [0, 0.1) is 13.8 Å². The fraction of sp³-hybridized carbons (Fsp3) is 0.238. The minimum absolute atomic E-state index is 0.0318. The number of urea groups is 1. The van der Waals surface area contributed by atoms with E-state index in [1.54, 1.807) is 28.8 Å². The number of aryl methyl sites for hydroxylation is 2. The van der Waals surface area contributed by atoms with Gasteiger partial charge in [0.2, 0.25) is 10.0 Å². The van der Waals surface area contributed by atoms with Gasteiger partial charge in [0.15, 0.2) is 0 Å². The Morgan fingerprint density at radius 1 is 1.13 bits per heavy atom. The van der Waals surface area contributed by atoms with E-state index in [1.165, 1.54) is 12.1 Å². The number of carbonyl (C=O) groups excluding carboxylic acids is 1. The first-order valence-electron chi connectivity index (χ1n) is 9.37. The Hall–Kier alpha value is -3.17.